The van der Waals surface area contributed by atoms with Gasteiger partial charge in [0.15, 0.2) is 6.61 Å². The highest BCUT2D eigenvalue weighted by molar-refractivity contribution is 7.13. The van der Waals surface area contributed by atoms with Gasteiger partial charge in [-0.25, -0.2) is 9.78 Å². The standard InChI is InChI=1S/C16H10N2O4S/c17-8-11-10(13-3-1-5-21-13)7-12(14-4-2-6-23-14)18-16(11)22-9-15(19)20/h1-7H,9H2,(H,19,20). The van der Waals surface area contributed by atoms with Crippen molar-refractivity contribution in [1.82, 2.24) is 4.98 Å². The Hall–Kier alpha value is -3.11. The predicted molar refractivity (Wildman–Crippen MR) is 83.1 cm³/mol. The highest BCUT2D eigenvalue weighted by Gasteiger charge is 2.19. The first kappa shape index (κ1) is 14.8. The number of aromatic nitrogens is 1. The lowest BCUT2D eigenvalue weighted by molar-refractivity contribution is -0.139. The Morgan fingerprint density at radius 1 is 1.43 bits per heavy atom. The number of carboxylic acid groups (broad SMARTS) is 1. The number of hydrogen-bond acceptors (Lipinski definition) is 6. The Morgan fingerprint density at radius 2 is 2.30 bits per heavy atom. The highest BCUT2D eigenvalue weighted by atomic mass is 32.1. The van der Waals surface area contributed by atoms with Gasteiger partial charge in [0.05, 0.1) is 16.8 Å². The average molecular weight is 326 g/mol. The summed E-state index contributed by atoms with van der Waals surface area (Å²) in [5, 5.41) is 20.1. The van der Waals surface area contributed by atoms with Crippen LogP contribution in [-0.4, -0.2) is 22.7 Å². The second-order valence-corrected chi connectivity index (χ2v) is 5.43. The summed E-state index contributed by atoms with van der Waals surface area (Å²) in [5.74, 6) is -0.675. The van der Waals surface area contributed by atoms with Crippen molar-refractivity contribution >= 4 is 17.3 Å². The first-order chi connectivity index (χ1) is 11.2. The number of ether oxygens (including phenoxy) is 1. The number of hydrogen-bond donors (Lipinski definition) is 1. The quantitative estimate of drug-likeness (QED) is 0.772. The topological polar surface area (TPSA) is 96.4 Å². The maximum Gasteiger partial charge on any atom is 0.341 e. The Labute approximate surface area is 135 Å². The smallest absolute Gasteiger partial charge is 0.341 e. The minimum absolute atomic E-state index is 0.0211. The van der Waals surface area contributed by atoms with Crippen LogP contribution in [0.3, 0.4) is 0 Å². The molecule has 0 fully saturated rings. The number of rotatable bonds is 5. The van der Waals surface area contributed by atoms with Crippen LogP contribution in [0.25, 0.3) is 21.9 Å². The molecule has 3 aromatic heterocycles. The predicted octanol–water partition coefficient (Wildman–Crippen LogP) is 3.41. The maximum atomic E-state index is 10.7. The van der Waals surface area contributed by atoms with Gasteiger partial charge in [0.1, 0.15) is 17.4 Å². The molecule has 3 heterocycles. The molecule has 114 valence electrons. The normalized spacial score (nSPS) is 10.2. The van der Waals surface area contributed by atoms with Crippen molar-refractivity contribution in [1.29, 1.82) is 5.26 Å². The monoisotopic (exact) mass is 326 g/mol. The first-order valence-electron chi connectivity index (χ1n) is 6.56. The van der Waals surface area contributed by atoms with Crippen LogP contribution in [0.1, 0.15) is 5.56 Å². The molecule has 0 aromatic carbocycles. The third-order valence-corrected chi connectivity index (χ3v) is 3.88. The molecule has 0 amide bonds. The molecule has 3 rings (SSSR count). The lowest BCUT2D eigenvalue weighted by atomic mass is 10.1. The van der Waals surface area contributed by atoms with Gasteiger partial charge in [-0.15, -0.1) is 11.3 Å². The van der Waals surface area contributed by atoms with Crippen LogP contribution < -0.4 is 4.74 Å². The molecular weight excluding hydrogens is 316 g/mol. The zero-order chi connectivity index (χ0) is 16.2. The second-order valence-electron chi connectivity index (χ2n) is 4.48. The number of pyridine rings is 1. The molecule has 7 heteroatoms. The second kappa shape index (κ2) is 6.34. The van der Waals surface area contributed by atoms with Crippen molar-refractivity contribution < 1.29 is 19.1 Å². The van der Waals surface area contributed by atoms with E-state index in [1.807, 2.05) is 23.6 Å². The zero-order valence-electron chi connectivity index (χ0n) is 11.7. The molecule has 0 radical (unpaired) electrons. The molecule has 0 saturated heterocycles. The molecule has 0 aliphatic heterocycles. The van der Waals surface area contributed by atoms with Crippen LogP contribution in [0.15, 0.2) is 46.4 Å². The van der Waals surface area contributed by atoms with E-state index in [1.54, 1.807) is 18.2 Å². The van der Waals surface area contributed by atoms with Crippen LogP contribution >= 0.6 is 11.3 Å². The number of furan rings is 1. The Morgan fingerprint density at radius 3 is 2.91 bits per heavy atom. The van der Waals surface area contributed by atoms with Crippen LogP contribution in [0.5, 0.6) is 5.88 Å². The van der Waals surface area contributed by atoms with E-state index in [0.717, 1.165) is 4.88 Å². The van der Waals surface area contributed by atoms with E-state index in [0.29, 0.717) is 17.0 Å². The molecule has 0 aliphatic rings. The number of thiophene rings is 1. The number of nitrogens with zero attached hydrogens (tertiary/aromatic N) is 2. The number of aliphatic carboxylic acids is 1. The summed E-state index contributed by atoms with van der Waals surface area (Å²) in [6, 6.07) is 10.9. The summed E-state index contributed by atoms with van der Waals surface area (Å²) < 4.78 is 10.6. The van der Waals surface area contributed by atoms with Gasteiger partial charge in [-0.1, -0.05) is 6.07 Å². The molecule has 0 atom stereocenters. The molecule has 6 nitrogen and oxygen atoms in total. The van der Waals surface area contributed by atoms with Gasteiger partial charge in [-0.05, 0) is 29.6 Å². The van der Waals surface area contributed by atoms with Crippen molar-refractivity contribution in [2.45, 2.75) is 0 Å². The molecule has 0 bridgehead atoms. The molecular formula is C16H10N2O4S. The highest BCUT2D eigenvalue weighted by Crippen LogP contribution is 2.34. The average Bonchev–Trinajstić information content (AvgIpc) is 3.24. The molecule has 1 N–H and O–H groups in total. The van der Waals surface area contributed by atoms with Gasteiger partial charge < -0.3 is 14.3 Å². The van der Waals surface area contributed by atoms with Gasteiger partial charge in [0.25, 0.3) is 0 Å². The van der Waals surface area contributed by atoms with Crippen LogP contribution in [0.4, 0.5) is 0 Å². The van der Waals surface area contributed by atoms with Gasteiger partial charge in [0.2, 0.25) is 5.88 Å². The molecule has 0 aliphatic carbocycles. The molecule has 0 spiro atoms. The van der Waals surface area contributed by atoms with Crippen molar-refractivity contribution in [3.05, 3.63) is 47.5 Å². The summed E-state index contributed by atoms with van der Waals surface area (Å²) in [5.41, 5.74) is 1.24. The summed E-state index contributed by atoms with van der Waals surface area (Å²) >= 11 is 1.48. The summed E-state index contributed by atoms with van der Waals surface area (Å²) in [4.78, 5) is 15.9. The number of carbonyl (C=O) groups is 1. The van der Waals surface area contributed by atoms with E-state index in [-0.39, 0.29) is 11.4 Å². The molecule has 0 saturated carbocycles. The van der Waals surface area contributed by atoms with Gasteiger partial charge in [-0.3, -0.25) is 0 Å². The van der Waals surface area contributed by atoms with Gasteiger partial charge >= 0.3 is 5.97 Å². The first-order valence-corrected chi connectivity index (χ1v) is 7.44. The Kier molecular flexibility index (Phi) is 4.08. The lowest BCUT2D eigenvalue weighted by Crippen LogP contribution is -2.11. The van der Waals surface area contributed by atoms with E-state index >= 15 is 0 Å². The molecule has 0 unspecified atom stereocenters. The van der Waals surface area contributed by atoms with Crippen molar-refractivity contribution in [3.63, 3.8) is 0 Å². The minimum Gasteiger partial charge on any atom is -0.479 e. The minimum atomic E-state index is -1.14. The van der Waals surface area contributed by atoms with E-state index < -0.39 is 12.6 Å². The SMILES string of the molecule is N#Cc1c(-c2ccco2)cc(-c2cccs2)nc1OCC(=O)O. The van der Waals surface area contributed by atoms with E-state index in [9.17, 15) is 10.1 Å². The van der Waals surface area contributed by atoms with Crippen molar-refractivity contribution in [3.8, 4) is 33.8 Å². The Bertz CT molecular complexity index is 864. The zero-order valence-corrected chi connectivity index (χ0v) is 12.5. The third-order valence-electron chi connectivity index (χ3n) is 2.99. The maximum absolute atomic E-state index is 10.7. The van der Waals surface area contributed by atoms with Crippen LogP contribution in [-0.2, 0) is 4.79 Å². The fourth-order valence-corrected chi connectivity index (χ4v) is 2.73. The van der Waals surface area contributed by atoms with Crippen LogP contribution in [0.2, 0.25) is 0 Å². The fraction of sp³-hybridized carbons (Fsp3) is 0.0625. The van der Waals surface area contributed by atoms with E-state index in [1.165, 1.54) is 17.6 Å². The van der Waals surface area contributed by atoms with E-state index in [2.05, 4.69) is 4.98 Å². The Balaban J connectivity index is 2.17. The van der Waals surface area contributed by atoms with Gasteiger partial charge in [0, 0.05) is 5.56 Å². The number of carboxylic acids is 1. The van der Waals surface area contributed by atoms with Crippen molar-refractivity contribution in [2.24, 2.45) is 0 Å². The summed E-state index contributed by atoms with van der Waals surface area (Å²) in [6.45, 7) is -0.576. The number of nitriles is 1. The fourth-order valence-electron chi connectivity index (χ4n) is 2.04. The van der Waals surface area contributed by atoms with E-state index in [4.69, 9.17) is 14.3 Å². The third kappa shape index (κ3) is 3.07. The van der Waals surface area contributed by atoms with Gasteiger partial charge in [-0.2, -0.15) is 5.26 Å². The van der Waals surface area contributed by atoms with Crippen LogP contribution in [0, 0.1) is 11.3 Å². The lowest BCUT2D eigenvalue weighted by Gasteiger charge is -2.10. The largest absolute Gasteiger partial charge is 0.479 e. The molecule has 3 aromatic rings. The summed E-state index contributed by atoms with van der Waals surface area (Å²) in [6.07, 6.45) is 1.50. The molecule has 23 heavy (non-hydrogen) atoms. The summed E-state index contributed by atoms with van der Waals surface area (Å²) in [7, 11) is 0. The van der Waals surface area contributed by atoms with Crippen molar-refractivity contribution in [2.75, 3.05) is 6.61 Å².